The number of imidazole rings is 1. The van der Waals surface area contributed by atoms with Crippen molar-refractivity contribution >= 4 is 35.1 Å². The Kier molecular flexibility index (Phi) is 2.52. The number of nitrogens with zero attached hydrogens (tertiary/aromatic N) is 4. The quantitative estimate of drug-likeness (QED) is 0.795. The molecule has 0 amide bonds. The van der Waals surface area contributed by atoms with E-state index in [0.717, 1.165) is 16.9 Å². The summed E-state index contributed by atoms with van der Waals surface area (Å²) in [4.78, 5) is 4.14. The van der Waals surface area contributed by atoms with E-state index in [0.29, 0.717) is 10.2 Å². The van der Waals surface area contributed by atoms with Gasteiger partial charge < -0.3 is 4.57 Å². The van der Waals surface area contributed by atoms with Gasteiger partial charge in [0.1, 0.15) is 0 Å². The van der Waals surface area contributed by atoms with E-state index in [1.54, 1.807) is 6.20 Å². The van der Waals surface area contributed by atoms with Crippen molar-refractivity contribution in [3.8, 4) is 0 Å². The fourth-order valence-corrected chi connectivity index (χ4v) is 2.36. The minimum absolute atomic E-state index is 0.443. The van der Waals surface area contributed by atoms with E-state index in [-0.39, 0.29) is 0 Å². The third kappa shape index (κ3) is 1.84. The standard InChI is InChI=1S/C6H5ClN4S2/c1-11-3-2-8-6(11)12-5-4(7)9-13-10-5/h2-3H,1H3. The maximum absolute atomic E-state index is 5.79. The normalized spacial score (nSPS) is 10.6. The molecule has 2 heterocycles. The van der Waals surface area contributed by atoms with E-state index in [1.165, 1.54) is 11.8 Å². The summed E-state index contributed by atoms with van der Waals surface area (Å²) in [6, 6.07) is 0. The predicted molar refractivity (Wildman–Crippen MR) is 52.3 cm³/mol. The Hall–Kier alpha value is -0.590. The van der Waals surface area contributed by atoms with E-state index < -0.39 is 0 Å². The molecular weight excluding hydrogens is 228 g/mol. The predicted octanol–water partition coefficient (Wildman–Crippen LogP) is 2.08. The Balaban J connectivity index is 2.24. The van der Waals surface area contributed by atoms with Gasteiger partial charge in [0.2, 0.25) is 0 Å². The molecule has 0 unspecified atom stereocenters. The summed E-state index contributed by atoms with van der Waals surface area (Å²) >= 11 is 8.30. The second kappa shape index (κ2) is 3.65. The molecule has 13 heavy (non-hydrogen) atoms. The van der Waals surface area contributed by atoms with Crippen LogP contribution in [0, 0.1) is 0 Å². The van der Waals surface area contributed by atoms with Crippen LogP contribution in [-0.4, -0.2) is 18.3 Å². The van der Waals surface area contributed by atoms with Crippen LogP contribution in [0.25, 0.3) is 0 Å². The molecule has 0 saturated heterocycles. The third-order valence-electron chi connectivity index (χ3n) is 1.39. The van der Waals surface area contributed by atoms with Crippen LogP contribution in [0.5, 0.6) is 0 Å². The molecule has 0 saturated carbocycles. The molecule has 0 aliphatic heterocycles. The molecule has 0 spiro atoms. The van der Waals surface area contributed by atoms with Crippen LogP contribution in [0.1, 0.15) is 0 Å². The molecule has 7 heteroatoms. The minimum Gasteiger partial charge on any atom is -0.329 e. The van der Waals surface area contributed by atoms with Gasteiger partial charge in [-0.15, -0.1) is 0 Å². The van der Waals surface area contributed by atoms with Crippen LogP contribution in [0.4, 0.5) is 0 Å². The van der Waals surface area contributed by atoms with Gasteiger partial charge in [0.05, 0.1) is 11.7 Å². The van der Waals surface area contributed by atoms with Crippen LogP contribution in [0.3, 0.4) is 0 Å². The van der Waals surface area contributed by atoms with Crippen LogP contribution >= 0.6 is 35.1 Å². The lowest BCUT2D eigenvalue weighted by Gasteiger charge is -1.96. The van der Waals surface area contributed by atoms with Crippen LogP contribution in [0.2, 0.25) is 5.15 Å². The summed E-state index contributed by atoms with van der Waals surface area (Å²) in [5.74, 6) is 0. The lowest BCUT2D eigenvalue weighted by atomic mass is 10.9. The lowest BCUT2D eigenvalue weighted by Crippen LogP contribution is -1.88. The van der Waals surface area contributed by atoms with Gasteiger partial charge in [-0.05, 0) is 11.8 Å². The van der Waals surface area contributed by atoms with Gasteiger partial charge in [-0.2, -0.15) is 8.75 Å². The summed E-state index contributed by atoms with van der Waals surface area (Å²) in [7, 11) is 1.92. The van der Waals surface area contributed by atoms with Crippen molar-refractivity contribution in [1.29, 1.82) is 0 Å². The molecule has 2 aromatic heterocycles. The zero-order chi connectivity index (χ0) is 9.26. The lowest BCUT2D eigenvalue weighted by molar-refractivity contribution is 0.789. The van der Waals surface area contributed by atoms with E-state index in [2.05, 4.69) is 13.7 Å². The molecule has 2 aromatic rings. The number of halogens is 1. The first-order chi connectivity index (χ1) is 6.27. The van der Waals surface area contributed by atoms with E-state index in [1.807, 2.05) is 17.8 Å². The second-order valence-electron chi connectivity index (χ2n) is 2.28. The zero-order valence-corrected chi connectivity index (χ0v) is 9.03. The fraction of sp³-hybridized carbons (Fsp3) is 0.167. The molecule has 2 rings (SSSR count). The topological polar surface area (TPSA) is 43.6 Å². The van der Waals surface area contributed by atoms with Crippen molar-refractivity contribution in [1.82, 2.24) is 18.3 Å². The highest BCUT2D eigenvalue weighted by atomic mass is 35.5. The van der Waals surface area contributed by atoms with Crippen molar-refractivity contribution < 1.29 is 0 Å². The monoisotopic (exact) mass is 232 g/mol. The molecule has 0 atom stereocenters. The molecule has 0 aliphatic carbocycles. The SMILES string of the molecule is Cn1ccnc1Sc1nsnc1Cl. The Morgan fingerprint density at radius 3 is 2.92 bits per heavy atom. The zero-order valence-electron chi connectivity index (χ0n) is 6.64. The van der Waals surface area contributed by atoms with Crippen LogP contribution in [-0.2, 0) is 7.05 Å². The van der Waals surface area contributed by atoms with Crippen molar-refractivity contribution in [3.63, 3.8) is 0 Å². The number of aryl methyl sites for hydroxylation is 1. The summed E-state index contributed by atoms with van der Waals surface area (Å²) in [5, 5.41) is 2.01. The average molecular weight is 233 g/mol. The van der Waals surface area contributed by atoms with E-state index >= 15 is 0 Å². The van der Waals surface area contributed by atoms with Crippen molar-refractivity contribution in [2.45, 2.75) is 10.2 Å². The first kappa shape index (κ1) is 8.98. The van der Waals surface area contributed by atoms with Gasteiger partial charge in [-0.3, -0.25) is 0 Å². The van der Waals surface area contributed by atoms with Gasteiger partial charge in [0.25, 0.3) is 0 Å². The molecule has 0 radical (unpaired) electrons. The molecule has 4 nitrogen and oxygen atoms in total. The van der Waals surface area contributed by atoms with Gasteiger partial charge >= 0.3 is 0 Å². The van der Waals surface area contributed by atoms with Gasteiger partial charge in [-0.1, -0.05) is 11.6 Å². The summed E-state index contributed by atoms with van der Waals surface area (Å²) in [6.45, 7) is 0. The Bertz CT molecular complexity index is 372. The van der Waals surface area contributed by atoms with Crippen LogP contribution < -0.4 is 0 Å². The van der Waals surface area contributed by atoms with E-state index in [9.17, 15) is 0 Å². The summed E-state index contributed by atoms with van der Waals surface area (Å²) < 4.78 is 9.81. The third-order valence-corrected chi connectivity index (χ3v) is 3.56. The van der Waals surface area contributed by atoms with Gasteiger partial charge in [-0.25, -0.2) is 4.98 Å². The van der Waals surface area contributed by atoms with E-state index in [4.69, 9.17) is 11.6 Å². The van der Waals surface area contributed by atoms with Crippen LogP contribution in [0.15, 0.2) is 22.6 Å². The van der Waals surface area contributed by atoms with Crippen molar-refractivity contribution in [2.75, 3.05) is 0 Å². The maximum atomic E-state index is 5.79. The molecule has 0 fully saturated rings. The number of rotatable bonds is 2. The number of hydrogen-bond donors (Lipinski definition) is 0. The number of aromatic nitrogens is 4. The first-order valence-corrected chi connectivity index (χ1v) is 5.33. The highest BCUT2D eigenvalue weighted by Gasteiger charge is 2.09. The smallest absolute Gasteiger partial charge is 0.177 e. The minimum atomic E-state index is 0.443. The summed E-state index contributed by atoms with van der Waals surface area (Å²) in [6.07, 6.45) is 3.60. The molecule has 0 aliphatic rings. The van der Waals surface area contributed by atoms with Crippen molar-refractivity contribution in [2.24, 2.45) is 7.05 Å². The fourth-order valence-electron chi connectivity index (χ4n) is 0.768. The van der Waals surface area contributed by atoms with Gasteiger partial charge in [0.15, 0.2) is 15.3 Å². The Labute approximate surface area is 88.3 Å². The molecule has 0 bridgehead atoms. The highest BCUT2D eigenvalue weighted by molar-refractivity contribution is 7.99. The van der Waals surface area contributed by atoms with Crippen molar-refractivity contribution in [3.05, 3.63) is 17.5 Å². The summed E-state index contributed by atoms with van der Waals surface area (Å²) in [5.41, 5.74) is 0. The largest absolute Gasteiger partial charge is 0.329 e. The second-order valence-corrected chi connectivity index (χ2v) is 4.13. The molecule has 68 valence electrons. The molecule has 0 N–H and O–H groups in total. The maximum Gasteiger partial charge on any atom is 0.177 e. The Morgan fingerprint density at radius 2 is 2.38 bits per heavy atom. The van der Waals surface area contributed by atoms with Gasteiger partial charge in [0, 0.05) is 19.4 Å². The highest BCUT2D eigenvalue weighted by Crippen LogP contribution is 2.29. The Morgan fingerprint density at radius 1 is 1.54 bits per heavy atom. The average Bonchev–Trinajstić information content (AvgIpc) is 2.65. The number of hydrogen-bond acceptors (Lipinski definition) is 5. The first-order valence-electron chi connectivity index (χ1n) is 3.40. The molecule has 0 aromatic carbocycles. The molecular formula is C6H5ClN4S2.